The van der Waals surface area contributed by atoms with Crippen molar-refractivity contribution >= 4 is 11.7 Å². The number of nitrogen functional groups attached to an aromatic ring is 1. The molecular weight excluding hydrogens is 260 g/mol. The van der Waals surface area contributed by atoms with Crippen molar-refractivity contribution in [3.8, 4) is 0 Å². The second kappa shape index (κ2) is 6.76. The maximum absolute atomic E-state index is 11.8. The lowest BCUT2D eigenvalue weighted by molar-refractivity contribution is 0.0917. The molecule has 2 aromatic heterocycles. The van der Waals surface area contributed by atoms with Crippen LogP contribution in [0.1, 0.15) is 22.5 Å². The van der Waals surface area contributed by atoms with Crippen LogP contribution in [0.15, 0.2) is 29.0 Å². The first-order valence-corrected chi connectivity index (χ1v) is 6.34. The van der Waals surface area contributed by atoms with E-state index in [4.69, 9.17) is 14.9 Å². The van der Waals surface area contributed by atoms with E-state index in [0.29, 0.717) is 37.6 Å². The van der Waals surface area contributed by atoms with E-state index in [1.807, 2.05) is 12.1 Å². The molecule has 0 unspecified atom stereocenters. The Labute approximate surface area is 116 Å². The Balaban J connectivity index is 1.61. The maximum Gasteiger partial charge on any atom is 0.256 e. The molecule has 3 N–H and O–H groups in total. The Hall–Kier alpha value is -2.28. The van der Waals surface area contributed by atoms with Gasteiger partial charge in [0, 0.05) is 20.2 Å². The maximum atomic E-state index is 11.8. The summed E-state index contributed by atoms with van der Waals surface area (Å²) >= 11 is 0. The van der Waals surface area contributed by atoms with Crippen molar-refractivity contribution in [2.75, 3.05) is 18.9 Å². The molecule has 0 aromatic carbocycles. The summed E-state index contributed by atoms with van der Waals surface area (Å²) in [5.41, 5.74) is 6.11. The molecule has 108 valence electrons. The van der Waals surface area contributed by atoms with Crippen molar-refractivity contribution in [1.82, 2.24) is 15.1 Å². The molecule has 0 aliphatic heterocycles. The largest absolute Gasteiger partial charge is 0.467 e. The smallest absolute Gasteiger partial charge is 0.256 e. The van der Waals surface area contributed by atoms with Crippen LogP contribution in [0.25, 0.3) is 0 Å². The van der Waals surface area contributed by atoms with Crippen LogP contribution in [0.2, 0.25) is 0 Å². The number of anilines is 1. The zero-order chi connectivity index (χ0) is 14.4. The highest BCUT2D eigenvalue weighted by Crippen LogP contribution is 2.08. The van der Waals surface area contributed by atoms with Gasteiger partial charge in [-0.15, -0.1) is 0 Å². The number of nitrogens with two attached hydrogens (primary N) is 1. The molecule has 1 amide bonds. The Morgan fingerprint density at radius 3 is 3.10 bits per heavy atom. The SMILES string of the molecule is Cn1ncc(C(=O)NCCCOCc2ccco2)c1N. The number of carbonyl (C=O) groups is 1. The van der Waals surface area contributed by atoms with Crippen LogP contribution >= 0.6 is 0 Å². The van der Waals surface area contributed by atoms with E-state index in [1.165, 1.54) is 10.9 Å². The number of hydrogen-bond donors (Lipinski definition) is 2. The number of amides is 1. The van der Waals surface area contributed by atoms with Crippen LogP contribution in [0.3, 0.4) is 0 Å². The van der Waals surface area contributed by atoms with Gasteiger partial charge in [-0.05, 0) is 18.6 Å². The minimum absolute atomic E-state index is 0.221. The average molecular weight is 278 g/mol. The zero-order valence-electron chi connectivity index (χ0n) is 11.3. The number of nitrogens with zero attached hydrogens (tertiary/aromatic N) is 2. The van der Waals surface area contributed by atoms with Gasteiger partial charge in [-0.25, -0.2) is 0 Å². The summed E-state index contributed by atoms with van der Waals surface area (Å²) in [7, 11) is 1.69. The Kier molecular flexibility index (Phi) is 4.78. The molecule has 0 aliphatic rings. The Morgan fingerprint density at radius 2 is 2.45 bits per heavy atom. The number of nitrogens with one attached hydrogen (secondary N) is 1. The average Bonchev–Trinajstić information content (AvgIpc) is 3.05. The highest BCUT2D eigenvalue weighted by atomic mass is 16.5. The molecule has 7 heteroatoms. The van der Waals surface area contributed by atoms with Crippen LogP contribution in [0, 0.1) is 0 Å². The van der Waals surface area contributed by atoms with Gasteiger partial charge in [0.05, 0.1) is 12.5 Å². The number of aryl methyl sites for hydroxylation is 1. The number of rotatable bonds is 7. The molecule has 2 rings (SSSR count). The third-order valence-corrected chi connectivity index (χ3v) is 2.80. The number of carbonyl (C=O) groups excluding carboxylic acids is 1. The van der Waals surface area contributed by atoms with E-state index < -0.39 is 0 Å². The van der Waals surface area contributed by atoms with Crippen molar-refractivity contribution in [2.24, 2.45) is 7.05 Å². The van der Waals surface area contributed by atoms with Gasteiger partial charge in [0.2, 0.25) is 0 Å². The predicted molar refractivity (Wildman–Crippen MR) is 72.9 cm³/mol. The van der Waals surface area contributed by atoms with Gasteiger partial charge < -0.3 is 20.2 Å². The van der Waals surface area contributed by atoms with Crippen molar-refractivity contribution in [1.29, 1.82) is 0 Å². The first-order chi connectivity index (χ1) is 9.68. The van der Waals surface area contributed by atoms with Gasteiger partial charge in [-0.1, -0.05) is 0 Å². The van der Waals surface area contributed by atoms with E-state index in [1.54, 1.807) is 13.3 Å². The molecule has 2 aromatic rings. The number of hydrogen-bond acceptors (Lipinski definition) is 5. The number of furan rings is 1. The molecule has 0 saturated heterocycles. The van der Waals surface area contributed by atoms with E-state index in [9.17, 15) is 4.79 Å². The monoisotopic (exact) mass is 278 g/mol. The minimum Gasteiger partial charge on any atom is -0.467 e. The quantitative estimate of drug-likeness (QED) is 0.735. The summed E-state index contributed by atoms with van der Waals surface area (Å²) in [6.45, 7) is 1.51. The Bertz CT molecular complexity index is 548. The summed E-state index contributed by atoms with van der Waals surface area (Å²) in [6, 6.07) is 3.67. The fourth-order valence-electron chi connectivity index (χ4n) is 1.66. The van der Waals surface area contributed by atoms with Gasteiger partial charge in [-0.3, -0.25) is 9.48 Å². The number of ether oxygens (including phenoxy) is 1. The van der Waals surface area contributed by atoms with Crippen LogP contribution in [-0.2, 0) is 18.4 Å². The van der Waals surface area contributed by atoms with E-state index in [-0.39, 0.29) is 5.91 Å². The zero-order valence-corrected chi connectivity index (χ0v) is 11.3. The van der Waals surface area contributed by atoms with E-state index in [2.05, 4.69) is 10.4 Å². The summed E-state index contributed by atoms with van der Waals surface area (Å²) in [6.07, 6.45) is 3.78. The molecular formula is C13H18N4O3. The van der Waals surface area contributed by atoms with Crippen LogP contribution in [0.4, 0.5) is 5.82 Å². The second-order valence-corrected chi connectivity index (χ2v) is 4.31. The molecule has 7 nitrogen and oxygen atoms in total. The van der Waals surface area contributed by atoms with E-state index in [0.717, 1.165) is 5.76 Å². The summed E-state index contributed by atoms with van der Waals surface area (Å²) in [5, 5.41) is 6.69. The molecule has 0 fully saturated rings. The Morgan fingerprint density at radius 1 is 1.60 bits per heavy atom. The summed E-state index contributed by atoms with van der Waals surface area (Å²) < 4.78 is 12.0. The lowest BCUT2D eigenvalue weighted by Gasteiger charge is -2.05. The normalized spacial score (nSPS) is 10.7. The first-order valence-electron chi connectivity index (χ1n) is 6.34. The second-order valence-electron chi connectivity index (χ2n) is 4.31. The lowest BCUT2D eigenvalue weighted by Crippen LogP contribution is -2.25. The van der Waals surface area contributed by atoms with Crippen LogP contribution < -0.4 is 11.1 Å². The molecule has 0 spiro atoms. The van der Waals surface area contributed by atoms with Crippen LogP contribution in [-0.4, -0.2) is 28.8 Å². The minimum atomic E-state index is -0.221. The third-order valence-electron chi connectivity index (χ3n) is 2.80. The molecule has 20 heavy (non-hydrogen) atoms. The van der Waals surface area contributed by atoms with Crippen LogP contribution in [0.5, 0.6) is 0 Å². The van der Waals surface area contributed by atoms with Crippen molar-refractivity contribution in [2.45, 2.75) is 13.0 Å². The van der Waals surface area contributed by atoms with Gasteiger partial charge in [-0.2, -0.15) is 5.10 Å². The van der Waals surface area contributed by atoms with Gasteiger partial charge in [0.25, 0.3) is 5.91 Å². The summed E-state index contributed by atoms with van der Waals surface area (Å²) in [4.78, 5) is 11.8. The van der Waals surface area contributed by atoms with Gasteiger partial charge >= 0.3 is 0 Å². The topological polar surface area (TPSA) is 95.3 Å². The van der Waals surface area contributed by atoms with Crippen molar-refractivity contribution in [3.05, 3.63) is 35.9 Å². The highest BCUT2D eigenvalue weighted by Gasteiger charge is 2.12. The third kappa shape index (κ3) is 3.61. The first kappa shape index (κ1) is 14.1. The van der Waals surface area contributed by atoms with E-state index >= 15 is 0 Å². The summed E-state index contributed by atoms with van der Waals surface area (Å²) in [5.74, 6) is 0.926. The molecule has 0 atom stereocenters. The molecule has 0 bridgehead atoms. The van der Waals surface area contributed by atoms with Gasteiger partial charge in [0.15, 0.2) is 0 Å². The van der Waals surface area contributed by atoms with Crippen molar-refractivity contribution in [3.63, 3.8) is 0 Å². The van der Waals surface area contributed by atoms with Crippen molar-refractivity contribution < 1.29 is 13.9 Å². The fourth-order valence-corrected chi connectivity index (χ4v) is 1.66. The fraction of sp³-hybridized carbons (Fsp3) is 0.385. The number of aromatic nitrogens is 2. The van der Waals surface area contributed by atoms with Gasteiger partial charge in [0.1, 0.15) is 23.7 Å². The lowest BCUT2D eigenvalue weighted by atomic mass is 10.3. The molecule has 0 radical (unpaired) electrons. The predicted octanol–water partition coefficient (Wildman–Crippen LogP) is 0.932. The standard InChI is InChI=1S/C13H18N4O3/c1-17-12(14)11(8-16-17)13(18)15-5-3-6-19-9-10-4-2-7-20-10/h2,4,7-8H,3,5-6,9,14H2,1H3,(H,15,18). The molecule has 0 aliphatic carbocycles. The highest BCUT2D eigenvalue weighted by molar-refractivity contribution is 5.98. The molecule has 2 heterocycles. The molecule has 0 saturated carbocycles.